The zero-order valence-electron chi connectivity index (χ0n) is 15.7. The van der Waals surface area contributed by atoms with Crippen molar-refractivity contribution in [3.8, 4) is 11.8 Å². The molecule has 0 spiro atoms. The Balaban J connectivity index is 1.63. The van der Waals surface area contributed by atoms with Crippen LogP contribution in [0.2, 0.25) is 0 Å². The monoisotopic (exact) mass is 391 g/mol. The minimum atomic E-state index is -1.25. The van der Waals surface area contributed by atoms with Gasteiger partial charge in [0, 0.05) is 24.2 Å². The molecule has 0 aromatic heterocycles. The predicted molar refractivity (Wildman–Crippen MR) is 104 cm³/mol. The highest BCUT2D eigenvalue weighted by molar-refractivity contribution is 6.19. The van der Waals surface area contributed by atoms with Gasteiger partial charge in [-0.15, -0.1) is 0 Å². The van der Waals surface area contributed by atoms with Crippen LogP contribution in [0.15, 0.2) is 48.5 Å². The molecule has 2 aliphatic heterocycles. The SMILES string of the molecule is CC12CC(=O)N(c3ccc(C#Cc4ccccc4)cc3F)C(=O)N1CCNC2=O. The summed E-state index contributed by atoms with van der Waals surface area (Å²) >= 11 is 0. The summed E-state index contributed by atoms with van der Waals surface area (Å²) in [6.45, 7) is 2.10. The number of amides is 4. The first kappa shape index (κ1) is 18.7. The van der Waals surface area contributed by atoms with Crippen LogP contribution in [0, 0.1) is 17.7 Å². The second-order valence-electron chi connectivity index (χ2n) is 7.15. The molecule has 1 unspecified atom stereocenters. The number of nitrogens with zero attached hydrogens (tertiary/aromatic N) is 2. The lowest BCUT2D eigenvalue weighted by Gasteiger charge is -2.48. The van der Waals surface area contributed by atoms with Gasteiger partial charge in [0.25, 0.3) is 0 Å². The van der Waals surface area contributed by atoms with Gasteiger partial charge in [-0.05, 0) is 37.3 Å². The molecule has 1 atom stereocenters. The Morgan fingerprint density at radius 1 is 1.03 bits per heavy atom. The minimum Gasteiger partial charge on any atom is -0.352 e. The van der Waals surface area contributed by atoms with Gasteiger partial charge >= 0.3 is 6.03 Å². The van der Waals surface area contributed by atoms with Crippen molar-refractivity contribution >= 4 is 23.5 Å². The maximum Gasteiger partial charge on any atom is 0.332 e. The summed E-state index contributed by atoms with van der Waals surface area (Å²) in [4.78, 5) is 39.9. The van der Waals surface area contributed by atoms with Crippen LogP contribution in [0.25, 0.3) is 0 Å². The zero-order valence-corrected chi connectivity index (χ0v) is 15.7. The Bertz CT molecular complexity index is 1070. The largest absolute Gasteiger partial charge is 0.352 e. The van der Waals surface area contributed by atoms with Crippen LogP contribution < -0.4 is 10.2 Å². The van der Waals surface area contributed by atoms with Gasteiger partial charge in [-0.3, -0.25) is 9.59 Å². The molecule has 0 saturated carbocycles. The third-order valence-electron chi connectivity index (χ3n) is 5.19. The number of anilines is 1. The van der Waals surface area contributed by atoms with Gasteiger partial charge in [0.15, 0.2) is 0 Å². The standard InChI is InChI=1S/C22H18FN3O3/c1-22-14-19(27)26(21(29)25(22)12-11-24-20(22)28)18-10-9-16(13-17(18)23)8-7-15-5-3-2-4-6-15/h2-6,9-10,13H,11-12,14H2,1H3,(H,24,28). The molecule has 0 radical (unpaired) electrons. The molecule has 4 amide bonds. The fourth-order valence-electron chi connectivity index (χ4n) is 3.59. The van der Waals surface area contributed by atoms with Crippen LogP contribution in [0.4, 0.5) is 14.9 Å². The Morgan fingerprint density at radius 2 is 1.76 bits per heavy atom. The molecule has 2 aromatic carbocycles. The number of urea groups is 1. The molecule has 2 aliphatic rings. The van der Waals surface area contributed by atoms with Gasteiger partial charge in [-0.1, -0.05) is 30.0 Å². The summed E-state index contributed by atoms with van der Waals surface area (Å²) in [6.07, 6.45) is -0.209. The lowest BCUT2D eigenvalue weighted by Crippen LogP contribution is -2.72. The Labute approximate surface area is 167 Å². The van der Waals surface area contributed by atoms with Gasteiger partial charge in [-0.25, -0.2) is 14.1 Å². The van der Waals surface area contributed by atoms with E-state index in [1.165, 1.54) is 17.0 Å². The second-order valence-corrected chi connectivity index (χ2v) is 7.15. The number of rotatable bonds is 1. The van der Waals surface area contributed by atoms with Crippen LogP contribution in [-0.4, -0.2) is 41.4 Å². The van der Waals surface area contributed by atoms with Gasteiger partial charge < -0.3 is 10.2 Å². The molecule has 7 heteroatoms. The fourth-order valence-corrected chi connectivity index (χ4v) is 3.59. The van der Waals surface area contributed by atoms with Crippen molar-refractivity contribution in [2.24, 2.45) is 0 Å². The maximum atomic E-state index is 14.8. The third-order valence-corrected chi connectivity index (χ3v) is 5.19. The van der Waals surface area contributed by atoms with Crippen LogP contribution in [0.3, 0.4) is 0 Å². The number of benzene rings is 2. The van der Waals surface area contributed by atoms with Gasteiger partial charge in [0.05, 0.1) is 12.1 Å². The molecular formula is C22H18FN3O3. The normalized spacial score (nSPS) is 21.2. The Kier molecular flexibility index (Phi) is 4.55. The van der Waals surface area contributed by atoms with E-state index in [9.17, 15) is 18.8 Å². The highest BCUT2D eigenvalue weighted by Crippen LogP contribution is 2.33. The molecule has 1 N–H and O–H groups in total. The van der Waals surface area contributed by atoms with Crippen molar-refractivity contribution < 1.29 is 18.8 Å². The van der Waals surface area contributed by atoms with Crippen LogP contribution in [0.5, 0.6) is 0 Å². The number of imide groups is 1. The van der Waals surface area contributed by atoms with E-state index in [1.807, 2.05) is 30.3 Å². The highest BCUT2D eigenvalue weighted by Gasteiger charge is 2.53. The average Bonchev–Trinajstić information content (AvgIpc) is 2.70. The molecule has 2 aromatic rings. The van der Waals surface area contributed by atoms with Crippen molar-refractivity contribution in [2.75, 3.05) is 18.0 Å². The van der Waals surface area contributed by atoms with Gasteiger partial charge in [-0.2, -0.15) is 0 Å². The number of nitrogens with one attached hydrogen (secondary N) is 1. The summed E-state index contributed by atoms with van der Waals surface area (Å²) in [5.74, 6) is 4.08. The number of carbonyl (C=O) groups is 3. The van der Waals surface area contributed by atoms with E-state index in [1.54, 1.807) is 13.0 Å². The lowest BCUT2D eigenvalue weighted by molar-refractivity contribution is -0.140. The first-order valence-corrected chi connectivity index (χ1v) is 9.19. The van der Waals surface area contributed by atoms with Crippen LogP contribution >= 0.6 is 0 Å². The molecule has 4 rings (SSSR count). The Morgan fingerprint density at radius 3 is 2.48 bits per heavy atom. The van der Waals surface area contributed by atoms with Crippen molar-refractivity contribution in [1.29, 1.82) is 0 Å². The molecule has 6 nitrogen and oxygen atoms in total. The van der Waals surface area contributed by atoms with E-state index >= 15 is 0 Å². The number of halogens is 1. The van der Waals surface area contributed by atoms with Crippen molar-refractivity contribution in [3.05, 3.63) is 65.5 Å². The maximum absolute atomic E-state index is 14.8. The first-order chi connectivity index (χ1) is 13.9. The zero-order chi connectivity index (χ0) is 20.6. The van der Waals surface area contributed by atoms with E-state index in [0.717, 1.165) is 10.5 Å². The average molecular weight is 391 g/mol. The number of fused-ring (bicyclic) bond motifs is 1. The van der Waals surface area contributed by atoms with Gasteiger partial charge in [0.1, 0.15) is 11.4 Å². The van der Waals surface area contributed by atoms with E-state index in [4.69, 9.17) is 0 Å². The van der Waals surface area contributed by atoms with Crippen LogP contribution in [-0.2, 0) is 9.59 Å². The summed E-state index contributed by atoms with van der Waals surface area (Å²) in [7, 11) is 0. The Hall–Kier alpha value is -3.66. The molecule has 0 aliphatic carbocycles. The van der Waals surface area contributed by atoms with Crippen molar-refractivity contribution in [1.82, 2.24) is 10.2 Å². The molecule has 2 heterocycles. The first-order valence-electron chi connectivity index (χ1n) is 9.19. The second kappa shape index (κ2) is 7.06. The summed E-state index contributed by atoms with van der Waals surface area (Å²) in [5.41, 5.74) is -0.172. The third kappa shape index (κ3) is 3.23. The van der Waals surface area contributed by atoms with E-state index in [-0.39, 0.29) is 24.6 Å². The fraction of sp³-hybridized carbons (Fsp3) is 0.227. The molecule has 0 bridgehead atoms. The van der Waals surface area contributed by atoms with Gasteiger partial charge in [0.2, 0.25) is 11.8 Å². The number of piperazine rings is 1. The molecule has 29 heavy (non-hydrogen) atoms. The quantitative estimate of drug-likeness (QED) is 0.759. The van der Waals surface area contributed by atoms with E-state index in [2.05, 4.69) is 17.2 Å². The number of hydrogen-bond donors (Lipinski definition) is 1. The minimum absolute atomic E-state index is 0.140. The molecule has 2 saturated heterocycles. The van der Waals surface area contributed by atoms with Crippen LogP contribution in [0.1, 0.15) is 24.5 Å². The topological polar surface area (TPSA) is 69.7 Å². The lowest BCUT2D eigenvalue weighted by atomic mass is 9.89. The molecule has 146 valence electrons. The molecular weight excluding hydrogens is 373 g/mol. The number of carbonyl (C=O) groups excluding carboxylic acids is 3. The predicted octanol–water partition coefficient (Wildman–Crippen LogP) is 2.27. The number of hydrogen-bond acceptors (Lipinski definition) is 3. The molecule has 2 fully saturated rings. The summed E-state index contributed by atoms with van der Waals surface area (Å²) < 4.78 is 14.8. The summed E-state index contributed by atoms with van der Waals surface area (Å²) in [5, 5.41) is 2.67. The smallest absolute Gasteiger partial charge is 0.332 e. The van der Waals surface area contributed by atoms with E-state index < -0.39 is 23.3 Å². The highest BCUT2D eigenvalue weighted by atomic mass is 19.1. The summed E-state index contributed by atoms with van der Waals surface area (Å²) in [6, 6.07) is 12.7. The van der Waals surface area contributed by atoms with Crippen molar-refractivity contribution in [2.45, 2.75) is 18.9 Å². The van der Waals surface area contributed by atoms with Crippen molar-refractivity contribution in [3.63, 3.8) is 0 Å². The van der Waals surface area contributed by atoms with E-state index in [0.29, 0.717) is 12.1 Å².